The Morgan fingerprint density at radius 2 is 2.00 bits per heavy atom. The molecule has 0 bridgehead atoms. The second kappa shape index (κ2) is 4.67. The number of hydrogen-bond acceptors (Lipinski definition) is 3. The Morgan fingerprint density at radius 1 is 1.35 bits per heavy atom. The highest BCUT2D eigenvalue weighted by Crippen LogP contribution is 2.38. The number of benzene rings is 1. The third kappa shape index (κ3) is 2.45. The van der Waals surface area contributed by atoms with Gasteiger partial charge in [-0.3, -0.25) is 0 Å². The molecule has 0 aromatic heterocycles. The van der Waals surface area contributed by atoms with Crippen LogP contribution in [0.25, 0.3) is 0 Å². The highest BCUT2D eigenvalue weighted by atomic mass is 16.5. The van der Waals surface area contributed by atoms with Crippen molar-refractivity contribution in [3.05, 3.63) is 29.3 Å². The van der Waals surface area contributed by atoms with Crippen molar-refractivity contribution >= 4 is 0 Å². The van der Waals surface area contributed by atoms with Crippen LogP contribution >= 0.6 is 0 Å². The molecule has 0 spiro atoms. The molecule has 3 heteroatoms. The van der Waals surface area contributed by atoms with Crippen LogP contribution in [0.1, 0.15) is 36.8 Å². The first-order valence-electron chi connectivity index (χ1n) is 6.18. The quantitative estimate of drug-likeness (QED) is 0.825. The van der Waals surface area contributed by atoms with Gasteiger partial charge in [0.05, 0.1) is 12.7 Å². The molecule has 94 valence electrons. The lowest BCUT2D eigenvalue weighted by molar-refractivity contribution is -0.00552. The fourth-order valence-electron chi connectivity index (χ4n) is 2.67. The molecule has 1 fully saturated rings. The molecular weight excluding hydrogens is 214 g/mol. The van der Waals surface area contributed by atoms with E-state index in [1.54, 1.807) is 7.11 Å². The Balaban J connectivity index is 2.27. The highest BCUT2D eigenvalue weighted by molar-refractivity contribution is 5.38. The number of rotatable bonds is 2. The van der Waals surface area contributed by atoms with Gasteiger partial charge in [0.1, 0.15) is 5.75 Å². The largest absolute Gasteiger partial charge is 0.497 e. The summed E-state index contributed by atoms with van der Waals surface area (Å²) in [6.45, 7) is 2.02. The van der Waals surface area contributed by atoms with Gasteiger partial charge < -0.3 is 15.6 Å². The van der Waals surface area contributed by atoms with Crippen molar-refractivity contribution in [1.82, 2.24) is 0 Å². The Kier molecular flexibility index (Phi) is 3.40. The van der Waals surface area contributed by atoms with Gasteiger partial charge in [-0.15, -0.1) is 0 Å². The lowest BCUT2D eigenvalue weighted by Crippen LogP contribution is -2.37. The molecule has 1 aromatic carbocycles. The summed E-state index contributed by atoms with van der Waals surface area (Å²) in [6, 6.07) is 6.11. The molecule has 17 heavy (non-hydrogen) atoms. The van der Waals surface area contributed by atoms with Crippen LogP contribution in [0.15, 0.2) is 18.2 Å². The van der Waals surface area contributed by atoms with E-state index in [-0.39, 0.29) is 6.04 Å². The van der Waals surface area contributed by atoms with Gasteiger partial charge in [0.2, 0.25) is 0 Å². The van der Waals surface area contributed by atoms with Crippen molar-refractivity contribution in [2.75, 3.05) is 7.11 Å². The number of nitrogens with two attached hydrogens (primary N) is 1. The lowest BCUT2D eigenvalue weighted by atomic mass is 9.76. The van der Waals surface area contributed by atoms with E-state index in [9.17, 15) is 5.11 Å². The second-order valence-corrected chi connectivity index (χ2v) is 5.05. The zero-order valence-corrected chi connectivity index (χ0v) is 10.6. The monoisotopic (exact) mass is 235 g/mol. The van der Waals surface area contributed by atoms with Crippen LogP contribution < -0.4 is 10.5 Å². The van der Waals surface area contributed by atoms with Gasteiger partial charge in [-0.1, -0.05) is 6.07 Å². The van der Waals surface area contributed by atoms with Crippen LogP contribution in [0.2, 0.25) is 0 Å². The Hall–Kier alpha value is -1.06. The summed E-state index contributed by atoms with van der Waals surface area (Å²) in [5.41, 5.74) is 7.29. The molecule has 3 nitrogen and oxygen atoms in total. The van der Waals surface area contributed by atoms with E-state index in [1.807, 2.05) is 25.1 Å². The molecule has 1 saturated carbocycles. The first kappa shape index (κ1) is 12.4. The zero-order valence-electron chi connectivity index (χ0n) is 10.6. The van der Waals surface area contributed by atoms with Crippen molar-refractivity contribution < 1.29 is 9.84 Å². The van der Waals surface area contributed by atoms with Crippen molar-refractivity contribution in [2.45, 2.75) is 44.2 Å². The topological polar surface area (TPSA) is 55.5 Å². The summed E-state index contributed by atoms with van der Waals surface area (Å²) in [6.07, 6.45) is 3.28. The van der Waals surface area contributed by atoms with Gasteiger partial charge in [-0.05, 0) is 55.9 Å². The van der Waals surface area contributed by atoms with E-state index in [0.717, 1.165) is 42.6 Å². The van der Waals surface area contributed by atoms with Crippen molar-refractivity contribution in [3.8, 4) is 5.75 Å². The molecule has 1 aromatic rings. The average molecular weight is 235 g/mol. The van der Waals surface area contributed by atoms with E-state index in [4.69, 9.17) is 10.5 Å². The molecule has 0 aliphatic heterocycles. The summed E-state index contributed by atoms with van der Waals surface area (Å²) in [5.74, 6) is 0.836. The molecule has 0 radical (unpaired) electrons. The van der Waals surface area contributed by atoms with Crippen LogP contribution in [0.5, 0.6) is 5.75 Å². The minimum Gasteiger partial charge on any atom is -0.497 e. The molecule has 1 aliphatic rings. The standard InChI is InChI=1S/C14H21NO2/c1-10-9-12(17-2)3-4-13(10)14(16)7-5-11(15)6-8-14/h3-4,9,11,16H,5-8,15H2,1-2H3. The third-order valence-corrected chi connectivity index (χ3v) is 3.79. The third-order valence-electron chi connectivity index (χ3n) is 3.79. The number of aryl methyl sites for hydroxylation is 1. The van der Waals surface area contributed by atoms with Gasteiger partial charge in [0.15, 0.2) is 0 Å². The smallest absolute Gasteiger partial charge is 0.119 e. The molecule has 1 aliphatic carbocycles. The number of aliphatic hydroxyl groups is 1. The summed E-state index contributed by atoms with van der Waals surface area (Å²) < 4.78 is 5.19. The first-order chi connectivity index (χ1) is 8.05. The van der Waals surface area contributed by atoms with Gasteiger partial charge in [0, 0.05) is 6.04 Å². The molecule has 3 N–H and O–H groups in total. The minimum atomic E-state index is -0.702. The number of methoxy groups -OCH3 is 1. The normalized spacial score (nSPS) is 29.1. The maximum Gasteiger partial charge on any atom is 0.119 e. The van der Waals surface area contributed by atoms with E-state index in [0.29, 0.717) is 0 Å². The van der Waals surface area contributed by atoms with Crippen LogP contribution in [-0.2, 0) is 5.60 Å². The predicted molar refractivity (Wildman–Crippen MR) is 68.1 cm³/mol. The zero-order chi connectivity index (χ0) is 12.5. The fraction of sp³-hybridized carbons (Fsp3) is 0.571. The van der Waals surface area contributed by atoms with E-state index < -0.39 is 5.60 Å². The van der Waals surface area contributed by atoms with E-state index in [2.05, 4.69) is 0 Å². The van der Waals surface area contributed by atoms with Crippen LogP contribution in [0.3, 0.4) is 0 Å². The minimum absolute atomic E-state index is 0.244. The summed E-state index contributed by atoms with van der Waals surface area (Å²) in [7, 11) is 1.66. The van der Waals surface area contributed by atoms with Gasteiger partial charge >= 0.3 is 0 Å². The Labute approximate surface area is 103 Å². The molecule has 0 atom stereocenters. The molecule has 0 saturated heterocycles. The van der Waals surface area contributed by atoms with E-state index in [1.165, 1.54) is 0 Å². The molecule has 0 amide bonds. The summed E-state index contributed by atoms with van der Waals surface area (Å²) in [5, 5.41) is 10.7. The number of hydrogen-bond donors (Lipinski definition) is 2. The fourth-order valence-corrected chi connectivity index (χ4v) is 2.67. The maximum atomic E-state index is 10.7. The number of ether oxygens (including phenoxy) is 1. The van der Waals surface area contributed by atoms with Gasteiger partial charge in [-0.25, -0.2) is 0 Å². The Bertz CT molecular complexity index is 395. The van der Waals surface area contributed by atoms with Crippen molar-refractivity contribution in [3.63, 3.8) is 0 Å². The molecule has 2 rings (SSSR count). The first-order valence-corrected chi connectivity index (χ1v) is 6.18. The SMILES string of the molecule is COc1ccc(C2(O)CCC(N)CC2)c(C)c1. The average Bonchev–Trinajstić information content (AvgIpc) is 2.33. The van der Waals surface area contributed by atoms with Crippen LogP contribution in [0, 0.1) is 6.92 Å². The van der Waals surface area contributed by atoms with Gasteiger partial charge in [0.25, 0.3) is 0 Å². The van der Waals surface area contributed by atoms with E-state index >= 15 is 0 Å². The summed E-state index contributed by atoms with van der Waals surface area (Å²) >= 11 is 0. The molecule has 0 heterocycles. The molecule has 0 unspecified atom stereocenters. The molecular formula is C14H21NO2. The lowest BCUT2D eigenvalue weighted by Gasteiger charge is -2.36. The van der Waals surface area contributed by atoms with Crippen LogP contribution in [0.4, 0.5) is 0 Å². The Morgan fingerprint density at radius 3 is 2.53 bits per heavy atom. The van der Waals surface area contributed by atoms with Gasteiger partial charge in [-0.2, -0.15) is 0 Å². The van der Waals surface area contributed by atoms with Crippen molar-refractivity contribution in [2.24, 2.45) is 5.73 Å². The highest BCUT2D eigenvalue weighted by Gasteiger charge is 2.34. The second-order valence-electron chi connectivity index (χ2n) is 5.05. The van der Waals surface area contributed by atoms with Crippen LogP contribution in [-0.4, -0.2) is 18.3 Å². The maximum absolute atomic E-state index is 10.7. The predicted octanol–water partition coefficient (Wildman–Crippen LogP) is 2.09. The summed E-state index contributed by atoms with van der Waals surface area (Å²) in [4.78, 5) is 0. The van der Waals surface area contributed by atoms with Crippen molar-refractivity contribution in [1.29, 1.82) is 0 Å².